The first-order chi connectivity index (χ1) is 9.32. The van der Waals surface area contributed by atoms with Crippen molar-refractivity contribution >= 4 is 23.4 Å². The summed E-state index contributed by atoms with van der Waals surface area (Å²) in [4.78, 5) is 36.2. The van der Waals surface area contributed by atoms with Crippen molar-refractivity contribution in [3.8, 4) is 0 Å². The fraction of sp³-hybridized carbons (Fsp3) is 0.308. The lowest BCUT2D eigenvalue weighted by molar-refractivity contribution is -0.138. The van der Waals surface area contributed by atoms with Gasteiger partial charge in [-0.3, -0.25) is 19.3 Å². The smallest absolute Gasteiger partial charge is 0.242 e. The van der Waals surface area contributed by atoms with Gasteiger partial charge in [-0.25, -0.2) is 8.78 Å². The number of rotatable bonds is 2. The van der Waals surface area contributed by atoms with E-state index >= 15 is 0 Å². The number of benzene rings is 1. The number of likely N-dealkylation sites (tertiary alicyclic amines) is 1. The summed E-state index contributed by atoms with van der Waals surface area (Å²) in [5, 5.41) is 2.20. The Morgan fingerprint density at radius 1 is 1.25 bits per heavy atom. The Labute approximate surface area is 113 Å². The van der Waals surface area contributed by atoms with Crippen molar-refractivity contribution in [2.45, 2.75) is 6.92 Å². The van der Waals surface area contributed by atoms with Crippen LogP contribution in [0.2, 0.25) is 0 Å². The third-order valence-corrected chi connectivity index (χ3v) is 3.29. The van der Waals surface area contributed by atoms with Crippen LogP contribution >= 0.6 is 0 Å². The molecule has 1 N–H and O–H groups in total. The van der Waals surface area contributed by atoms with Crippen LogP contribution in [-0.4, -0.2) is 29.7 Å². The predicted molar refractivity (Wildman–Crippen MR) is 65.4 cm³/mol. The van der Waals surface area contributed by atoms with Crippen LogP contribution < -0.4 is 5.32 Å². The third kappa shape index (κ3) is 2.26. The fourth-order valence-corrected chi connectivity index (χ4v) is 2.12. The highest BCUT2D eigenvalue weighted by molar-refractivity contribution is 6.17. The molecule has 2 rings (SSSR count). The van der Waals surface area contributed by atoms with Gasteiger partial charge in [0.25, 0.3) is 0 Å². The summed E-state index contributed by atoms with van der Waals surface area (Å²) in [6.45, 7) is 1.45. The Morgan fingerprint density at radius 2 is 1.90 bits per heavy atom. The van der Waals surface area contributed by atoms with Crippen molar-refractivity contribution in [3.05, 3.63) is 29.8 Å². The van der Waals surface area contributed by atoms with Crippen LogP contribution in [0.1, 0.15) is 6.92 Å². The summed E-state index contributed by atoms with van der Waals surface area (Å²) in [6.07, 6.45) is 0. The second-order valence-corrected chi connectivity index (χ2v) is 4.62. The molecule has 1 heterocycles. The molecule has 106 valence electrons. The zero-order valence-electron chi connectivity index (χ0n) is 10.8. The van der Waals surface area contributed by atoms with E-state index in [2.05, 4.69) is 5.32 Å². The minimum atomic E-state index is -1.20. The highest BCUT2D eigenvalue weighted by Crippen LogP contribution is 2.26. The summed E-state index contributed by atoms with van der Waals surface area (Å²) in [5.74, 6) is -5.62. The van der Waals surface area contributed by atoms with Gasteiger partial charge in [-0.1, -0.05) is 6.92 Å². The van der Waals surface area contributed by atoms with Crippen LogP contribution in [0, 0.1) is 23.5 Å². The van der Waals surface area contributed by atoms with Gasteiger partial charge in [0.05, 0.1) is 11.6 Å². The average Bonchev–Trinajstić information content (AvgIpc) is 2.57. The molecular weight excluding hydrogens is 270 g/mol. The van der Waals surface area contributed by atoms with Gasteiger partial charge < -0.3 is 5.32 Å². The van der Waals surface area contributed by atoms with E-state index in [1.807, 2.05) is 0 Å². The zero-order chi connectivity index (χ0) is 15.0. The van der Waals surface area contributed by atoms with Crippen LogP contribution in [0.4, 0.5) is 14.5 Å². The topological polar surface area (TPSA) is 66.5 Å². The van der Waals surface area contributed by atoms with E-state index in [1.165, 1.54) is 14.0 Å². The molecule has 0 bridgehead atoms. The summed E-state index contributed by atoms with van der Waals surface area (Å²) in [5.41, 5.74) is -0.238. The van der Waals surface area contributed by atoms with Crippen LogP contribution in [0.15, 0.2) is 18.2 Å². The first-order valence-electron chi connectivity index (χ1n) is 5.90. The third-order valence-electron chi connectivity index (χ3n) is 3.29. The standard InChI is InChI=1S/C13H12F2N2O3/c1-6-10(13(20)17(2)12(6)19)11(18)16-9-4-3-7(14)5-8(9)15/h3-6,10H,1-2H3,(H,16,18). The molecule has 1 aliphatic heterocycles. The zero-order valence-corrected chi connectivity index (χ0v) is 10.8. The highest BCUT2D eigenvalue weighted by atomic mass is 19.1. The maximum Gasteiger partial charge on any atom is 0.242 e. The number of imide groups is 1. The Morgan fingerprint density at radius 3 is 2.40 bits per heavy atom. The van der Waals surface area contributed by atoms with Gasteiger partial charge in [0.2, 0.25) is 17.7 Å². The molecule has 0 saturated carbocycles. The van der Waals surface area contributed by atoms with Gasteiger partial charge >= 0.3 is 0 Å². The molecule has 0 aliphatic carbocycles. The number of carbonyl (C=O) groups excluding carboxylic acids is 3. The lowest BCUT2D eigenvalue weighted by Gasteiger charge is -2.12. The lowest BCUT2D eigenvalue weighted by Crippen LogP contribution is -2.32. The van der Waals surface area contributed by atoms with Crippen LogP contribution in [0.3, 0.4) is 0 Å². The molecule has 2 atom stereocenters. The van der Waals surface area contributed by atoms with E-state index in [4.69, 9.17) is 0 Å². The number of nitrogens with one attached hydrogen (secondary N) is 1. The normalized spacial score (nSPS) is 22.3. The van der Waals surface area contributed by atoms with Gasteiger partial charge in [-0.05, 0) is 12.1 Å². The minimum absolute atomic E-state index is 0.238. The monoisotopic (exact) mass is 282 g/mol. The molecule has 20 heavy (non-hydrogen) atoms. The Kier molecular flexibility index (Phi) is 3.52. The molecule has 0 aromatic heterocycles. The van der Waals surface area contributed by atoms with E-state index in [0.717, 1.165) is 17.0 Å². The summed E-state index contributed by atoms with van der Waals surface area (Å²) in [6, 6.07) is 2.65. The van der Waals surface area contributed by atoms with Gasteiger partial charge in [-0.15, -0.1) is 0 Å². The number of hydrogen-bond acceptors (Lipinski definition) is 3. The van der Waals surface area contributed by atoms with Crippen molar-refractivity contribution in [2.75, 3.05) is 12.4 Å². The Hall–Kier alpha value is -2.31. The van der Waals surface area contributed by atoms with E-state index in [0.29, 0.717) is 6.07 Å². The van der Waals surface area contributed by atoms with E-state index in [1.54, 1.807) is 0 Å². The number of carbonyl (C=O) groups is 3. The van der Waals surface area contributed by atoms with E-state index < -0.39 is 41.2 Å². The first kappa shape index (κ1) is 14.1. The molecule has 1 fully saturated rings. The second-order valence-electron chi connectivity index (χ2n) is 4.62. The molecule has 1 aromatic carbocycles. The molecule has 7 heteroatoms. The molecule has 2 unspecified atom stereocenters. The first-order valence-corrected chi connectivity index (χ1v) is 5.90. The van der Waals surface area contributed by atoms with E-state index in [9.17, 15) is 23.2 Å². The van der Waals surface area contributed by atoms with Crippen LogP contribution in [-0.2, 0) is 14.4 Å². The number of halogens is 2. The minimum Gasteiger partial charge on any atom is -0.323 e. The van der Waals surface area contributed by atoms with Crippen molar-refractivity contribution in [1.82, 2.24) is 4.90 Å². The largest absolute Gasteiger partial charge is 0.323 e. The maximum atomic E-state index is 13.4. The molecule has 5 nitrogen and oxygen atoms in total. The van der Waals surface area contributed by atoms with Gasteiger partial charge in [0.1, 0.15) is 17.6 Å². The highest BCUT2D eigenvalue weighted by Gasteiger charge is 2.47. The van der Waals surface area contributed by atoms with Crippen molar-refractivity contribution in [2.24, 2.45) is 11.8 Å². The van der Waals surface area contributed by atoms with Gasteiger partial charge in [-0.2, -0.15) is 0 Å². The molecule has 1 aromatic rings. The van der Waals surface area contributed by atoms with Crippen molar-refractivity contribution in [1.29, 1.82) is 0 Å². The predicted octanol–water partition coefficient (Wildman–Crippen LogP) is 1.15. The summed E-state index contributed by atoms with van der Waals surface area (Å²) < 4.78 is 26.2. The maximum absolute atomic E-state index is 13.4. The van der Waals surface area contributed by atoms with Gasteiger partial charge in [0, 0.05) is 13.1 Å². The van der Waals surface area contributed by atoms with Crippen molar-refractivity contribution in [3.63, 3.8) is 0 Å². The quantitative estimate of drug-likeness (QED) is 0.653. The number of hydrogen-bond donors (Lipinski definition) is 1. The van der Waals surface area contributed by atoms with Crippen LogP contribution in [0.5, 0.6) is 0 Å². The molecule has 3 amide bonds. The second kappa shape index (κ2) is 4.99. The average molecular weight is 282 g/mol. The van der Waals surface area contributed by atoms with Gasteiger partial charge in [0.15, 0.2) is 0 Å². The SMILES string of the molecule is CC1C(=O)N(C)C(=O)C1C(=O)Nc1ccc(F)cc1F. The van der Waals surface area contributed by atoms with E-state index in [-0.39, 0.29) is 5.69 Å². The molecule has 0 radical (unpaired) electrons. The Bertz CT molecular complexity index is 603. The molecule has 1 saturated heterocycles. The van der Waals surface area contributed by atoms with Crippen LogP contribution in [0.25, 0.3) is 0 Å². The fourth-order valence-electron chi connectivity index (χ4n) is 2.12. The molecule has 1 aliphatic rings. The Balaban J connectivity index is 2.20. The summed E-state index contributed by atoms with van der Waals surface area (Å²) >= 11 is 0. The number of anilines is 1. The molecular formula is C13H12F2N2O3. The summed E-state index contributed by atoms with van der Waals surface area (Å²) in [7, 11) is 1.28. The molecule has 0 spiro atoms. The number of nitrogens with zero attached hydrogens (tertiary/aromatic N) is 1. The lowest BCUT2D eigenvalue weighted by atomic mass is 9.96. The number of amides is 3. The van der Waals surface area contributed by atoms with Crippen molar-refractivity contribution < 1.29 is 23.2 Å².